The van der Waals surface area contributed by atoms with Gasteiger partial charge in [0.2, 0.25) is 15.9 Å². The Morgan fingerprint density at radius 3 is 2.44 bits per heavy atom. The number of sulfonamides is 1. The Bertz CT molecular complexity index is 890. The highest BCUT2D eigenvalue weighted by Gasteiger charge is 2.24. The highest BCUT2D eigenvalue weighted by Crippen LogP contribution is 2.17. The van der Waals surface area contributed by atoms with Crippen LogP contribution in [0.4, 0.5) is 4.39 Å². The van der Waals surface area contributed by atoms with Crippen molar-refractivity contribution in [3.05, 3.63) is 59.4 Å². The van der Waals surface area contributed by atoms with Crippen LogP contribution in [0.1, 0.15) is 0 Å². The molecular weight excluding hydrogens is 395 g/mol. The van der Waals surface area contributed by atoms with E-state index in [1.165, 1.54) is 11.9 Å². The van der Waals surface area contributed by atoms with Gasteiger partial charge in [-0.3, -0.25) is 4.79 Å². The summed E-state index contributed by atoms with van der Waals surface area (Å²) in [5.41, 5.74) is 0. The lowest BCUT2D eigenvalue weighted by molar-refractivity contribution is -0.130. The predicted molar refractivity (Wildman–Crippen MR) is 101 cm³/mol. The molecule has 0 unspecified atom stereocenters. The van der Waals surface area contributed by atoms with Crippen LogP contribution in [-0.4, -0.2) is 57.3 Å². The monoisotopic (exact) mass is 414 g/mol. The smallest absolute Gasteiger partial charge is 0.243 e. The molecule has 6 nitrogen and oxygen atoms in total. The van der Waals surface area contributed by atoms with E-state index in [-0.39, 0.29) is 24.6 Å². The first-order valence-corrected chi connectivity index (χ1v) is 9.86. The standard InChI is InChI=1S/C18H20ClFN2O4S/c1-21(10-11-26-16-5-3-4-14(19)12-16)18(23)13-22(2)27(24,25)17-8-6-15(20)7-9-17/h3-9,12H,10-11,13H2,1-2H3. The van der Waals surface area contributed by atoms with Crippen LogP contribution in [-0.2, 0) is 14.8 Å². The quantitative estimate of drug-likeness (QED) is 0.666. The predicted octanol–water partition coefficient (Wildman–Crippen LogP) is 2.64. The molecule has 2 aromatic carbocycles. The molecular formula is C18H20ClFN2O4S. The van der Waals surface area contributed by atoms with E-state index in [1.54, 1.807) is 31.3 Å². The van der Waals surface area contributed by atoms with Gasteiger partial charge in [-0.1, -0.05) is 17.7 Å². The Kier molecular flexibility index (Phi) is 7.18. The average Bonchev–Trinajstić information content (AvgIpc) is 2.62. The van der Waals surface area contributed by atoms with Crippen LogP contribution in [0.25, 0.3) is 0 Å². The van der Waals surface area contributed by atoms with Gasteiger partial charge in [-0.15, -0.1) is 0 Å². The van der Waals surface area contributed by atoms with E-state index in [0.717, 1.165) is 28.6 Å². The molecule has 1 amide bonds. The minimum atomic E-state index is -3.88. The van der Waals surface area contributed by atoms with Crippen LogP contribution in [0.5, 0.6) is 5.75 Å². The van der Waals surface area contributed by atoms with Crippen molar-refractivity contribution in [2.24, 2.45) is 0 Å². The second-order valence-electron chi connectivity index (χ2n) is 5.84. The van der Waals surface area contributed by atoms with Gasteiger partial charge in [0.05, 0.1) is 18.0 Å². The largest absolute Gasteiger partial charge is 0.492 e. The zero-order valence-corrected chi connectivity index (χ0v) is 16.5. The molecule has 0 saturated heterocycles. The molecule has 2 aromatic rings. The molecule has 0 heterocycles. The number of hydrogen-bond acceptors (Lipinski definition) is 4. The van der Waals surface area contributed by atoms with Gasteiger partial charge in [-0.2, -0.15) is 4.31 Å². The topological polar surface area (TPSA) is 66.9 Å². The molecule has 0 saturated carbocycles. The average molecular weight is 415 g/mol. The summed E-state index contributed by atoms with van der Waals surface area (Å²) in [6.45, 7) is 0.167. The van der Waals surface area contributed by atoms with Gasteiger partial charge in [0, 0.05) is 19.1 Å². The fraction of sp³-hybridized carbons (Fsp3) is 0.278. The molecule has 0 aliphatic rings. The molecule has 0 aliphatic carbocycles. The van der Waals surface area contributed by atoms with E-state index in [1.807, 2.05) is 0 Å². The zero-order chi connectivity index (χ0) is 20.0. The van der Waals surface area contributed by atoms with Crippen molar-refractivity contribution in [3.63, 3.8) is 0 Å². The first-order valence-electron chi connectivity index (χ1n) is 8.04. The Hall–Kier alpha value is -2.16. The third-order valence-corrected chi connectivity index (χ3v) is 5.85. The van der Waals surface area contributed by atoms with Gasteiger partial charge >= 0.3 is 0 Å². The fourth-order valence-electron chi connectivity index (χ4n) is 2.16. The number of halogens is 2. The van der Waals surface area contributed by atoms with Crippen LogP contribution in [0, 0.1) is 5.82 Å². The summed E-state index contributed by atoms with van der Waals surface area (Å²) in [4.78, 5) is 13.6. The minimum Gasteiger partial charge on any atom is -0.492 e. The van der Waals surface area contributed by atoms with Gasteiger partial charge in [0.15, 0.2) is 0 Å². The molecule has 0 radical (unpaired) electrons. The van der Waals surface area contributed by atoms with Crippen LogP contribution >= 0.6 is 11.6 Å². The number of amides is 1. The summed E-state index contributed by atoms with van der Waals surface area (Å²) in [6.07, 6.45) is 0. The van der Waals surface area contributed by atoms with Crippen molar-refractivity contribution in [2.45, 2.75) is 4.90 Å². The van der Waals surface area contributed by atoms with E-state index in [0.29, 0.717) is 10.8 Å². The molecule has 2 rings (SSSR count). The first-order chi connectivity index (χ1) is 12.7. The van der Waals surface area contributed by atoms with Crippen molar-refractivity contribution in [2.75, 3.05) is 33.8 Å². The normalized spacial score (nSPS) is 11.4. The summed E-state index contributed by atoms with van der Waals surface area (Å²) in [5, 5.41) is 0.546. The Balaban J connectivity index is 1.88. The van der Waals surface area contributed by atoms with Crippen LogP contribution in [0.15, 0.2) is 53.4 Å². The fourth-order valence-corrected chi connectivity index (χ4v) is 3.47. The number of carbonyl (C=O) groups is 1. The summed E-state index contributed by atoms with van der Waals surface area (Å²) in [6, 6.07) is 11.3. The highest BCUT2D eigenvalue weighted by molar-refractivity contribution is 7.89. The maximum absolute atomic E-state index is 13.0. The van der Waals surface area contributed by atoms with Crippen molar-refractivity contribution in [3.8, 4) is 5.75 Å². The molecule has 0 spiro atoms. The lowest BCUT2D eigenvalue weighted by Crippen LogP contribution is -2.40. The zero-order valence-electron chi connectivity index (χ0n) is 14.9. The minimum absolute atomic E-state index is 0.0776. The lowest BCUT2D eigenvalue weighted by atomic mass is 10.3. The molecule has 146 valence electrons. The Morgan fingerprint density at radius 1 is 1.15 bits per heavy atom. The van der Waals surface area contributed by atoms with Crippen molar-refractivity contribution in [1.29, 1.82) is 0 Å². The van der Waals surface area contributed by atoms with E-state index in [9.17, 15) is 17.6 Å². The third kappa shape index (κ3) is 5.92. The molecule has 0 atom stereocenters. The van der Waals surface area contributed by atoms with E-state index in [4.69, 9.17) is 16.3 Å². The van der Waals surface area contributed by atoms with Crippen molar-refractivity contribution < 1.29 is 22.3 Å². The van der Waals surface area contributed by atoms with E-state index >= 15 is 0 Å². The number of nitrogens with zero attached hydrogens (tertiary/aromatic N) is 2. The van der Waals surface area contributed by atoms with Crippen LogP contribution < -0.4 is 4.74 Å². The Labute approximate surface area is 163 Å². The molecule has 0 bridgehead atoms. The van der Waals surface area contributed by atoms with Gasteiger partial charge in [0.1, 0.15) is 18.2 Å². The van der Waals surface area contributed by atoms with Gasteiger partial charge in [0.25, 0.3) is 0 Å². The third-order valence-electron chi connectivity index (χ3n) is 3.80. The number of likely N-dealkylation sites (N-methyl/N-ethyl adjacent to an activating group) is 2. The number of hydrogen-bond donors (Lipinski definition) is 0. The maximum atomic E-state index is 13.0. The van der Waals surface area contributed by atoms with Crippen LogP contribution in [0.2, 0.25) is 5.02 Å². The van der Waals surface area contributed by atoms with Crippen LogP contribution in [0.3, 0.4) is 0 Å². The van der Waals surface area contributed by atoms with Crippen molar-refractivity contribution >= 4 is 27.5 Å². The first kappa shape index (κ1) is 21.1. The summed E-state index contributed by atoms with van der Waals surface area (Å²) in [7, 11) is -1.02. The maximum Gasteiger partial charge on any atom is 0.243 e. The van der Waals surface area contributed by atoms with E-state index < -0.39 is 21.7 Å². The van der Waals surface area contributed by atoms with Gasteiger partial charge in [-0.25, -0.2) is 12.8 Å². The second-order valence-corrected chi connectivity index (χ2v) is 8.32. The second kappa shape index (κ2) is 9.16. The number of rotatable bonds is 8. The highest BCUT2D eigenvalue weighted by atomic mass is 35.5. The molecule has 9 heteroatoms. The summed E-state index contributed by atoms with van der Waals surface area (Å²) in [5.74, 6) is -0.343. The lowest BCUT2D eigenvalue weighted by Gasteiger charge is -2.22. The molecule has 0 fully saturated rings. The number of ether oxygens (including phenoxy) is 1. The van der Waals surface area contributed by atoms with E-state index in [2.05, 4.69) is 0 Å². The molecule has 27 heavy (non-hydrogen) atoms. The van der Waals surface area contributed by atoms with Gasteiger partial charge < -0.3 is 9.64 Å². The SMILES string of the molecule is CN(CCOc1cccc(Cl)c1)C(=O)CN(C)S(=O)(=O)c1ccc(F)cc1. The van der Waals surface area contributed by atoms with Gasteiger partial charge in [-0.05, 0) is 42.5 Å². The summed E-state index contributed by atoms with van der Waals surface area (Å²) < 4.78 is 44.3. The number of carbonyl (C=O) groups excluding carboxylic acids is 1. The molecule has 0 N–H and O–H groups in total. The molecule has 0 aromatic heterocycles. The Morgan fingerprint density at radius 2 is 1.81 bits per heavy atom. The van der Waals surface area contributed by atoms with Crippen molar-refractivity contribution in [1.82, 2.24) is 9.21 Å². The summed E-state index contributed by atoms with van der Waals surface area (Å²) >= 11 is 5.87. The molecule has 0 aliphatic heterocycles. The number of benzene rings is 2.